The lowest BCUT2D eigenvalue weighted by molar-refractivity contribution is 0.0992. The van der Waals surface area contributed by atoms with Crippen LogP contribution in [0.1, 0.15) is 62.4 Å². The third-order valence-electron chi connectivity index (χ3n) is 5.83. The van der Waals surface area contributed by atoms with Crippen molar-refractivity contribution in [2.75, 3.05) is 5.32 Å². The second-order valence-electron chi connectivity index (χ2n) is 8.47. The van der Waals surface area contributed by atoms with Gasteiger partial charge in [-0.1, -0.05) is 0 Å². The van der Waals surface area contributed by atoms with Gasteiger partial charge in [0, 0.05) is 5.39 Å². The van der Waals surface area contributed by atoms with E-state index in [0.717, 1.165) is 23.5 Å². The molecule has 3 heterocycles. The molecule has 3 N–H and O–H groups in total. The Hall–Kier alpha value is -4.14. The lowest BCUT2D eigenvalue weighted by atomic mass is 10.0. The van der Waals surface area contributed by atoms with Crippen LogP contribution in [0.15, 0.2) is 22.6 Å². The molecule has 7 nitrogen and oxygen atoms in total. The minimum atomic E-state index is -2.86. The molecule has 1 aliphatic carbocycles. The molecule has 5 rings (SSSR count). The zero-order valence-electron chi connectivity index (χ0n) is 19.2. The van der Waals surface area contributed by atoms with Crippen LogP contribution in [-0.4, -0.2) is 16.8 Å². The molecule has 0 atom stereocenters. The Balaban J connectivity index is 1.42. The number of halogens is 7. The smallest absolute Gasteiger partial charge is 0.291 e. The monoisotopic (exact) mass is 573 g/mol. The van der Waals surface area contributed by atoms with Crippen molar-refractivity contribution in [3.05, 3.63) is 74.9 Å². The maximum atomic E-state index is 13.8. The summed E-state index contributed by atoms with van der Waals surface area (Å²) in [6.45, 7) is -0.814. The third-order valence-corrected chi connectivity index (χ3v) is 6.93. The van der Waals surface area contributed by atoms with Gasteiger partial charge in [0.1, 0.15) is 27.8 Å². The van der Waals surface area contributed by atoms with Gasteiger partial charge in [0.05, 0.1) is 5.69 Å². The minimum absolute atomic E-state index is 0.0432. The number of nitrogens with two attached hydrogens (primary N) is 1. The number of nitrogens with one attached hydrogen (secondary N) is 1. The van der Waals surface area contributed by atoms with Crippen LogP contribution in [0.3, 0.4) is 0 Å². The fourth-order valence-electron chi connectivity index (χ4n) is 3.88. The van der Waals surface area contributed by atoms with E-state index in [1.54, 1.807) is 0 Å². The van der Waals surface area contributed by atoms with Gasteiger partial charge in [0.2, 0.25) is 29.1 Å². The highest BCUT2D eigenvalue weighted by Crippen LogP contribution is 2.48. The van der Waals surface area contributed by atoms with Crippen LogP contribution in [0.5, 0.6) is 5.75 Å². The Morgan fingerprint density at radius 1 is 1.08 bits per heavy atom. The Morgan fingerprint density at radius 2 is 1.72 bits per heavy atom. The summed E-state index contributed by atoms with van der Waals surface area (Å²) in [6, 6.07) is 3.49. The molecule has 1 saturated carbocycles. The molecule has 15 heteroatoms. The third kappa shape index (κ3) is 4.77. The van der Waals surface area contributed by atoms with E-state index in [9.17, 15) is 40.3 Å². The quantitative estimate of drug-likeness (QED) is 0.146. The Kier molecular flexibility index (Phi) is 6.70. The second-order valence-corrected chi connectivity index (χ2v) is 9.47. The molecule has 1 aliphatic rings. The SMILES string of the molecule is NC(=O)c1sc2nc(C(F)F)cc(C3CC3)c2c1NC(=O)c1ccc(COc2c(F)c(F)c(F)c(F)c2F)o1. The first kappa shape index (κ1) is 26.5. The number of fused-ring (bicyclic) bond motifs is 1. The second kappa shape index (κ2) is 9.87. The first-order valence-corrected chi connectivity index (χ1v) is 11.9. The summed E-state index contributed by atoms with van der Waals surface area (Å²) in [5.74, 6) is -15.2. The van der Waals surface area contributed by atoms with Gasteiger partial charge in [0.25, 0.3) is 18.2 Å². The molecule has 3 aromatic heterocycles. The van der Waals surface area contributed by atoms with E-state index in [2.05, 4.69) is 10.3 Å². The number of hydrogen-bond donors (Lipinski definition) is 2. The van der Waals surface area contributed by atoms with Gasteiger partial charge in [-0.3, -0.25) is 9.59 Å². The van der Waals surface area contributed by atoms with Crippen molar-refractivity contribution >= 4 is 39.1 Å². The number of primary amides is 1. The summed E-state index contributed by atoms with van der Waals surface area (Å²) < 4.78 is 104. The molecular weight excluding hydrogens is 559 g/mol. The van der Waals surface area contributed by atoms with Gasteiger partial charge in [0.15, 0.2) is 11.5 Å². The number of hydrogen-bond acceptors (Lipinski definition) is 6. The lowest BCUT2D eigenvalue weighted by Crippen LogP contribution is -2.16. The average Bonchev–Trinajstić information content (AvgIpc) is 3.53. The molecule has 0 saturated heterocycles. The molecule has 1 aromatic carbocycles. The zero-order chi connectivity index (χ0) is 28.2. The number of furan rings is 1. The molecule has 0 unspecified atom stereocenters. The molecule has 0 radical (unpaired) electrons. The molecule has 1 fully saturated rings. The number of pyridine rings is 1. The standard InChI is InChI=1S/C24H14F7N3O4S/c25-13-14(26)16(28)19(17(29)15(13)27)37-6-8-3-4-11(38-8)23(36)34-18-12-9(7-1-2-7)5-10(21(30)31)33-24(12)39-20(18)22(32)35/h3-5,7,21H,1-2,6H2,(H2,32,35)(H,34,36). The molecule has 39 heavy (non-hydrogen) atoms. The summed E-state index contributed by atoms with van der Waals surface area (Å²) >= 11 is 0.734. The number of benzene rings is 1. The van der Waals surface area contributed by atoms with Crippen LogP contribution in [0.25, 0.3) is 10.2 Å². The maximum Gasteiger partial charge on any atom is 0.291 e. The number of amides is 2. The first-order valence-electron chi connectivity index (χ1n) is 11.1. The van der Waals surface area contributed by atoms with Gasteiger partial charge < -0.3 is 20.2 Å². The predicted molar refractivity (Wildman–Crippen MR) is 122 cm³/mol. The number of aromatic nitrogens is 1. The van der Waals surface area contributed by atoms with Crippen LogP contribution >= 0.6 is 11.3 Å². The van der Waals surface area contributed by atoms with Gasteiger partial charge in [-0.2, -0.15) is 8.78 Å². The average molecular weight is 573 g/mol. The van der Waals surface area contributed by atoms with Crippen molar-refractivity contribution in [1.29, 1.82) is 0 Å². The number of anilines is 1. The maximum absolute atomic E-state index is 13.8. The fourth-order valence-corrected chi connectivity index (χ4v) is 4.90. The van der Waals surface area contributed by atoms with Crippen molar-refractivity contribution in [1.82, 2.24) is 4.98 Å². The number of carbonyl (C=O) groups is 2. The topological polar surface area (TPSA) is 107 Å². The number of rotatable bonds is 8. The van der Waals surface area contributed by atoms with Crippen LogP contribution in [-0.2, 0) is 6.61 Å². The largest absolute Gasteiger partial charge is 0.479 e. The van der Waals surface area contributed by atoms with Gasteiger partial charge in [-0.15, -0.1) is 11.3 Å². The Bertz CT molecular complexity index is 1620. The zero-order valence-corrected chi connectivity index (χ0v) is 20.0. The van der Waals surface area contributed by atoms with Gasteiger partial charge in [-0.25, -0.2) is 26.9 Å². The number of alkyl halides is 2. The van der Waals surface area contributed by atoms with Crippen molar-refractivity contribution in [3.63, 3.8) is 0 Å². The highest BCUT2D eigenvalue weighted by atomic mass is 32.1. The molecule has 0 spiro atoms. The van der Waals surface area contributed by atoms with E-state index >= 15 is 0 Å². The van der Waals surface area contributed by atoms with Crippen LogP contribution in [0, 0.1) is 29.1 Å². The van der Waals surface area contributed by atoms with E-state index in [1.807, 2.05) is 0 Å². The van der Waals surface area contributed by atoms with Crippen LogP contribution in [0.2, 0.25) is 0 Å². The minimum Gasteiger partial charge on any atom is -0.479 e. The highest BCUT2D eigenvalue weighted by molar-refractivity contribution is 7.21. The fraction of sp³-hybridized carbons (Fsp3) is 0.208. The summed E-state index contributed by atoms with van der Waals surface area (Å²) in [5.41, 5.74) is 5.40. The highest BCUT2D eigenvalue weighted by Gasteiger charge is 2.32. The predicted octanol–water partition coefficient (Wildman–Crippen LogP) is 6.33. The molecule has 204 valence electrons. The van der Waals surface area contributed by atoms with E-state index in [4.69, 9.17) is 14.9 Å². The number of ether oxygens (including phenoxy) is 1. The van der Waals surface area contributed by atoms with E-state index in [-0.39, 0.29) is 38.2 Å². The van der Waals surface area contributed by atoms with E-state index in [0.29, 0.717) is 18.4 Å². The molecule has 2 amide bonds. The number of carbonyl (C=O) groups excluding carboxylic acids is 2. The summed E-state index contributed by atoms with van der Waals surface area (Å²) in [7, 11) is 0. The van der Waals surface area contributed by atoms with Crippen molar-refractivity contribution in [3.8, 4) is 5.75 Å². The lowest BCUT2D eigenvalue weighted by Gasteiger charge is -2.10. The van der Waals surface area contributed by atoms with Crippen LogP contribution in [0.4, 0.5) is 36.4 Å². The molecule has 4 aromatic rings. The first-order chi connectivity index (χ1) is 18.5. The van der Waals surface area contributed by atoms with E-state index < -0.39 is 65.4 Å². The Morgan fingerprint density at radius 3 is 2.31 bits per heavy atom. The molecule has 0 bridgehead atoms. The van der Waals surface area contributed by atoms with E-state index in [1.165, 1.54) is 6.07 Å². The molecular formula is C24H14F7N3O4S. The molecule has 0 aliphatic heterocycles. The Labute approximate surface area is 217 Å². The summed E-state index contributed by atoms with van der Waals surface area (Å²) in [4.78, 5) is 28.9. The van der Waals surface area contributed by atoms with Crippen LogP contribution < -0.4 is 15.8 Å². The van der Waals surface area contributed by atoms with Crippen molar-refractivity contribution in [2.24, 2.45) is 5.73 Å². The normalized spacial score (nSPS) is 13.3. The summed E-state index contributed by atoms with van der Waals surface area (Å²) in [5, 5.41) is 2.76. The summed E-state index contributed by atoms with van der Waals surface area (Å²) in [6.07, 6.45) is -1.44. The van der Waals surface area contributed by atoms with Crippen molar-refractivity contribution < 1.29 is 49.5 Å². The van der Waals surface area contributed by atoms with Gasteiger partial charge in [-0.05, 0) is 42.5 Å². The number of nitrogens with zero attached hydrogens (tertiary/aromatic N) is 1. The number of thiophene rings is 1. The van der Waals surface area contributed by atoms with Crippen molar-refractivity contribution in [2.45, 2.75) is 31.8 Å². The van der Waals surface area contributed by atoms with Gasteiger partial charge >= 0.3 is 0 Å².